The highest BCUT2D eigenvalue weighted by atomic mass is 16.5. The Kier molecular flexibility index (Phi) is 9.20. The Morgan fingerprint density at radius 1 is 0.958 bits per heavy atom. The van der Waals surface area contributed by atoms with Crippen LogP contribution in [0.1, 0.15) is 89.4 Å². The van der Waals surface area contributed by atoms with Crippen molar-refractivity contribution in [1.82, 2.24) is 0 Å². The summed E-state index contributed by atoms with van der Waals surface area (Å²) >= 11 is 0. The SMILES string of the molecule is CCCC[C@@H](CCC)c1c(OC)cc([C@H](O)[C@@H](C)CC)cc1OC. The summed E-state index contributed by atoms with van der Waals surface area (Å²) < 4.78 is 11.4. The molecule has 0 fully saturated rings. The molecule has 0 radical (unpaired) electrons. The van der Waals surface area contributed by atoms with Gasteiger partial charge in [-0.1, -0.05) is 53.4 Å². The van der Waals surface area contributed by atoms with Crippen LogP contribution < -0.4 is 9.47 Å². The van der Waals surface area contributed by atoms with Crippen molar-refractivity contribution in [3.8, 4) is 11.5 Å². The molecule has 0 spiro atoms. The lowest BCUT2D eigenvalue weighted by atomic mass is 9.86. The molecule has 1 aromatic carbocycles. The molecule has 0 amide bonds. The Morgan fingerprint density at radius 2 is 1.54 bits per heavy atom. The van der Waals surface area contributed by atoms with Gasteiger partial charge in [-0.3, -0.25) is 0 Å². The van der Waals surface area contributed by atoms with Crippen LogP contribution in [0, 0.1) is 5.92 Å². The molecule has 0 aromatic heterocycles. The smallest absolute Gasteiger partial charge is 0.126 e. The van der Waals surface area contributed by atoms with Gasteiger partial charge in [0.25, 0.3) is 0 Å². The minimum absolute atomic E-state index is 0.205. The first-order valence-corrected chi connectivity index (χ1v) is 9.47. The zero-order valence-corrected chi connectivity index (χ0v) is 16.4. The maximum absolute atomic E-state index is 10.6. The molecular weight excluding hydrogens is 300 g/mol. The number of benzene rings is 1. The van der Waals surface area contributed by atoms with Crippen molar-refractivity contribution in [2.45, 2.75) is 78.2 Å². The summed E-state index contributed by atoms with van der Waals surface area (Å²) in [4.78, 5) is 0. The Morgan fingerprint density at radius 3 is 1.96 bits per heavy atom. The van der Waals surface area contributed by atoms with Crippen molar-refractivity contribution in [3.05, 3.63) is 23.3 Å². The van der Waals surface area contributed by atoms with Gasteiger partial charge in [0, 0.05) is 5.56 Å². The van der Waals surface area contributed by atoms with Crippen molar-refractivity contribution in [3.63, 3.8) is 0 Å². The van der Waals surface area contributed by atoms with Crippen LogP contribution >= 0.6 is 0 Å². The maximum Gasteiger partial charge on any atom is 0.126 e. The van der Waals surface area contributed by atoms with Crippen LogP contribution in [-0.2, 0) is 0 Å². The van der Waals surface area contributed by atoms with Gasteiger partial charge >= 0.3 is 0 Å². The quantitative estimate of drug-likeness (QED) is 0.550. The normalized spacial score (nSPS) is 15.0. The molecule has 3 atom stereocenters. The molecule has 0 aliphatic rings. The molecule has 1 N–H and O–H groups in total. The second kappa shape index (κ2) is 10.6. The first-order valence-electron chi connectivity index (χ1n) is 9.47. The topological polar surface area (TPSA) is 38.7 Å². The van der Waals surface area contributed by atoms with Crippen LogP contribution in [0.5, 0.6) is 11.5 Å². The summed E-state index contributed by atoms with van der Waals surface area (Å²) in [6.45, 7) is 8.61. The van der Waals surface area contributed by atoms with Crippen molar-refractivity contribution in [2.75, 3.05) is 14.2 Å². The first-order chi connectivity index (χ1) is 11.5. The molecule has 0 bridgehead atoms. The highest BCUT2D eigenvalue weighted by Crippen LogP contribution is 2.43. The number of rotatable bonds is 11. The largest absolute Gasteiger partial charge is 0.496 e. The van der Waals surface area contributed by atoms with Crippen molar-refractivity contribution >= 4 is 0 Å². The fourth-order valence-electron chi connectivity index (χ4n) is 3.32. The van der Waals surface area contributed by atoms with Crippen LogP contribution in [0.15, 0.2) is 12.1 Å². The molecule has 1 aromatic rings. The molecule has 0 saturated heterocycles. The van der Waals surface area contributed by atoms with Crippen LogP contribution in [0.2, 0.25) is 0 Å². The van der Waals surface area contributed by atoms with Gasteiger partial charge in [0.1, 0.15) is 11.5 Å². The standard InChI is InChI=1S/C21H36O3/c1-7-10-12-16(11-8-2)20-18(23-5)13-17(14-19(20)24-6)21(22)15(4)9-3/h13-16,21-22H,7-12H2,1-6H3/t15-,16+,21+/m0/s1. The summed E-state index contributed by atoms with van der Waals surface area (Å²) in [6.07, 6.45) is 6.24. The van der Waals surface area contributed by atoms with Crippen LogP contribution in [0.3, 0.4) is 0 Å². The molecule has 0 saturated carbocycles. The number of methoxy groups -OCH3 is 2. The molecule has 3 nitrogen and oxygen atoms in total. The molecule has 1 rings (SSSR count). The van der Waals surface area contributed by atoms with Crippen molar-refractivity contribution in [1.29, 1.82) is 0 Å². The summed E-state index contributed by atoms with van der Waals surface area (Å²) in [5.41, 5.74) is 2.04. The van der Waals surface area contributed by atoms with Gasteiger partial charge in [0.15, 0.2) is 0 Å². The summed E-state index contributed by atoms with van der Waals surface area (Å²) in [5, 5.41) is 10.6. The number of hydrogen-bond acceptors (Lipinski definition) is 3. The van der Waals surface area contributed by atoms with E-state index in [9.17, 15) is 5.11 Å². The molecule has 0 aliphatic heterocycles. The molecule has 0 unspecified atom stereocenters. The number of aliphatic hydroxyl groups is 1. The van der Waals surface area contributed by atoms with Crippen molar-refractivity contribution in [2.24, 2.45) is 5.92 Å². The highest BCUT2D eigenvalue weighted by Gasteiger charge is 2.24. The summed E-state index contributed by atoms with van der Waals surface area (Å²) in [7, 11) is 3.42. The van der Waals surface area contributed by atoms with E-state index in [1.54, 1.807) is 14.2 Å². The zero-order valence-electron chi connectivity index (χ0n) is 16.4. The van der Waals surface area contributed by atoms with E-state index in [1.165, 1.54) is 12.8 Å². The van der Waals surface area contributed by atoms with E-state index in [-0.39, 0.29) is 5.92 Å². The van der Waals surface area contributed by atoms with Crippen molar-refractivity contribution < 1.29 is 14.6 Å². The highest BCUT2D eigenvalue weighted by molar-refractivity contribution is 5.51. The van der Waals surface area contributed by atoms with Gasteiger partial charge in [0.05, 0.1) is 20.3 Å². The Bertz CT molecular complexity index is 459. The van der Waals surface area contributed by atoms with Crippen LogP contribution in [-0.4, -0.2) is 19.3 Å². The molecule has 138 valence electrons. The minimum Gasteiger partial charge on any atom is -0.496 e. The van der Waals surface area contributed by atoms with Gasteiger partial charge < -0.3 is 14.6 Å². The number of ether oxygens (including phenoxy) is 2. The molecule has 0 aliphatic carbocycles. The van der Waals surface area contributed by atoms with Gasteiger partial charge in [0.2, 0.25) is 0 Å². The number of hydrogen-bond donors (Lipinski definition) is 1. The number of unbranched alkanes of at least 4 members (excludes halogenated alkanes) is 1. The van der Waals surface area contributed by atoms with E-state index in [1.807, 2.05) is 12.1 Å². The fourth-order valence-corrected chi connectivity index (χ4v) is 3.32. The van der Waals surface area contributed by atoms with E-state index in [0.29, 0.717) is 5.92 Å². The van der Waals surface area contributed by atoms with E-state index < -0.39 is 6.10 Å². The third kappa shape index (κ3) is 5.14. The molecule has 0 heterocycles. The Labute approximate surface area is 148 Å². The second-order valence-corrected chi connectivity index (χ2v) is 6.80. The monoisotopic (exact) mass is 336 g/mol. The van der Waals surface area contributed by atoms with E-state index >= 15 is 0 Å². The Balaban J connectivity index is 3.32. The zero-order chi connectivity index (χ0) is 18.1. The van der Waals surface area contributed by atoms with Gasteiger partial charge in [-0.15, -0.1) is 0 Å². The molecule has 3 heteroatoms. The lowest BCUT2D eigenvalue weighted by Crippen LogP contribution is -2.11. The predicted molar refractivity (Wildman–Crippen MR) is 101 cm³/mol. The average Bonchev–Trinajstić information content (AvgIpc) is 2.62. The first kappa shape index (κ1) is 20.8. The molecular formula is C21H36O3. The lowest BCUT2D eigenvalue weighted by Gasteiger charge is -2.25. The van der Waals surface area contributed by atoms with Gasteiger partial charge in [-0.05, 0) is 42.4 Å². The second-order valence-electron chi connectivity index (χ2n) is 6.80. The van der Waals surface area contributed by atoms with Gasteiger partial charge in [-0.25, -0.2) is 0 Å². The third-order valence-corrected chi connectivity index (χ3v) is 5.04. The molecule has 24 heavy (non-hydrogen) atoms. The summed E-state index contributed by atoms with van der Waals surface area (Å²) in [6, 6.07) is 4.01. The van der Waals surface area contributed by atoms with Crippen LogP contribution in [0.4, 0.5) is 0 Å². The average molecular weight is 337 g/mol. The Hall–Kier alpha value is -1.22. The lowest BCUT2D eigenvalue weighted by molar-refractivity contribution is 0.115. The van der Waals surface area contributed by atoms with E-state index in [2.05, 4.69) is 27.7 Å². The van der Waals surface area contributed by atoms with E-state index in [0.717, 1.165) is 48.3 Å². The fraction of sp³-hybridized carbons (Fsp3) is 0.714. The predicted octanol–water partition coefficient (Wildman–Crippen LogP) is 5.86. The third-order valence-electron chi connectivity index (χ3n) is 5.04. The minimum atomic E-state index is -0.493. The van der Waals surface area contributed by atoms with Crippen LogP contribution in [0.25, 0.3) is 0 Å². The maximum atomic E-state index is 10.6. The van der Waals surface area contributed by atoms with Gasteiger partial charge in [-0.2, -0.15) is 0 Å². The number of aliphatic hydroxyl groups excluding tert-OH is 1. The summed E-state index contributed by atoms with van der Waals surface area (Å²) in [5.74, 6) is 2.34. The van der Waals surface area contributed by atoms with E-state index in [4.69, 9.17) is 9.47 Å².